The van der Waals surface area contributed by atoms with E-state index < -0.39 is 23.7 Å². The molecule has 0 spiro atoms. The Labute approximate surface area is 148 Å². The van der Waals surface area contributed by atoms with E-state index in [0.717, 1.165) is 24.2 Å². The minimum Gasteiger partial charge on any atom is -0.497 e. The Hall–Kier alpha value is -2.24. The van der Waals surface area contributed by atoms with Crippen molar-refractivity contribution >= 4 is 12.1 Å². The Morgan fingerprint density at radius 1 is 1.24 bits per heavy atom. The first-order valence-corrected chi connectivity index (χ1v) is 8.58. The van der Waals surface area contributed by atoms with Gasteiger partial charge >= 0.3 is 12.1 Å². The van der Waals surface area contributed by atoms with Gasteiger partial charge in [-0.2, -0.15) is 0 Å². The third-order valence-corrected chi connectivity index (χ3v) is 4.26. The molecule has 1 saturated carbocycles. The maximum Gasteiger partial charge on any atom is 0.408 e. The highest BCUT2D eigenvalue weighted by molar-refractivity contribution is 5.81. The van der Waals surface area contributed by atoms with Crippen molar-refractivity contribution in [2.24, 2.45) is 5.92 Å². The molecule has 0 radical (unpaired) electrons. The van der Waals surface area contributed by atoms with Crippen molar-refractivity contribution in [1.82, 2.24) is 5.32 Å². The molecule has 0 saturated heterocycles. The highest BCUT2D eigenvalue weighted by Crippen LogP contribution is 2.43. The normalized spacial score (nSPS) is 16.0. The van der Waals surface area contributed by atoms with Gasteiger partial charge in [0.2, 0.25) is 0 Å². The minimum absolute atomic E-state index is 0.246. The van der Waals surface area contributed by atoms with Gasteiger partial charge in [0.25, 0.3) is 0 Å². The smallest absolute Gasteiger partial charge is 0.408 e. The largest absolute Gasteiger partial charge is 0.497 e. The highest BCUT2D eigenvalue weighted by Gasteiger charge is 2.47. The summed E-state index contributed by atoms with van der Waals surface area (Å²) in [5.41, 5.74) is 0.561. The zero-order valence-corrected chi connectivity index (χ0v) is 15.3. The molecular formula is C19H27NO5. The number of esters is 1. The molecule has 1 aromatic carbocycles. The molecule has 25 heavy (non-hydrogen) atoms. The van der Waals surface area contributed by atoms with Crippen molar-refractivity contribution in [1.29, 1.82) is 0 Å². The summed E-state index contributed by atoms with van der Waals surface area (Å²) < 4.78 is 15.6. The van der Waals surface area contributed by atoms with E-state index in [4.69, 9.17) is 14.2 Å². The van der Waals surface area contributed by atoms with E-state index in [1.165, 1.54) is 7.11 Å². The van der Waals surface area contributed by atoms with Gasteiger partial charge in [0.15, 0.2) is 0 Å². The van der Waals surface area contributed by atoms with Crippen molar-refractivity contribution in [2.75, 3.05) is 14.2 Å². The van der Waals surface area contributed by atoms with Gasteiger partial charge < -0.3 is 19.5 Å². The molecule has 1 amide bonds. The van der Waals surface area contributed by atoms with E-state index in [9.17, 15) is 9.59 Å². The van der Waals surface area contributed by atoms with E-state index in [2.05, 4.69) is 5.32 Å². The molecule has 2 rings (SSSR count). The van der Waals surface area contributed by atoms with Crippen LogP contribution < -0.4 is 10.1 Å². The SMILES string of the molecule is COC(=O)C(CC(C)C)NC(=O)OC1(Cc2cccc(OC)c2)CC1. The van der Waals surface area contributed by atoms with Crippen LogP contribution in [0.4, 0.5) is 4.79 Å². The molecule has 138 valence electrons. The van der Waals surface area contributed by atoms with E-state index in [-0.39, 0.29) is 5.92 Å². The number of methoxy groups -OCH3 is 2. The van der Waals surface area contributed by atoms with E-state index in [1.54, 1.807) is 7.11 Å². The van der Waals surface area contributed by atoms with Crippen molar-refractivity contribution in [3.8, 4) is 5.75 Å². The monoisotopic (exact) mass is 349 g/mol. The Morgan fingerprint density at radius 2 is 1.96 bits per heavy atom. The summed E-state index contributed by atoms with van der Waals surface area (Å²) in [6.07, 6.45) is 2.18. The van der Waals surface area contributed by atoms with Gasteiger partial charge in [-0.05, 0) is 42.9 Å². The molecule has 0 aliphatic heterocycles. The molecule has 0 heterocycles. The molecule has 1 aliphatic carbocycles. The first-order chi connectivity index (χ1) is 11.9. The number of rotatable bonds is 8. The summed E-state index contributed by atoms with van der Waals surface area (Å²) in [6, 6.07) is 7.03. The fraction of sp³-hybridized carbons (Fsp3) is 0.579. The molecule has 6 nitrogen and oxygen atoms in total. The van der Waals surface area contributed by atoms with Crippen LogP contribution in [0.2, 0.25) is 0 Å². The molecule has 1 atom stereocenters. The summed E-state index contributed by atoms with van der Waals surface area (Å²) in [6.45, 7) is 3.96. The molecule has 1 N–H and O–H groups in total. The molecular weight excluding hydrogens is 322 g/mol. The zero-order chi connectivity index (χ0) is 18.4. The average molecular weight is 349 g/mol. The maximum atomic E-state index is 12.3. The summed E-state index contributed by atoms with van der Waals surface area (Å²) in [7, 11) is 2.94. The van der Waals surface area contributed by atoms with Crippen molar-refractivity contribution in [3.05, 3.63) is 29.8 Å². The predicted molar refractivity (Wildman–Crippen MR) is 93.5 cm³/mol. The Kier molecular flexibility index (Phi) is 6.28. The molecule has 0 aromatic heterocycles. The summed E-state index contributed by atoms with van der Waals surface area (Å²) in [5.74, 6) is 0.569. The van der Waals surface area contributed by atoms with Gasteiger partial charge in [-0.1, -0.05) is 26.0 Å². The van der Waals surface area contributed by atoms with Gasteiger partial charge in [-0.25, -0.2) is 9.59 Å². The Morgan fingerprint density at radius 3 is 2.52 bits per heavy atom. The second kappa shape index (κ2) is 8.23. The molecule has 0 bridgehead atoms. The molecule has 1 unspecified atom stereocenters. The topological polar surface area (TPSA) is 73.9 Å². The van der Waals surface area contributed by atoms with Crippen LogP contribution in [0.3, 0.4) is 0 Å². The number of carbonyl (C=O) groups excluding carboxylic acids is 2. The summed E-state index contributed by atoms with van der Waals surface area (Å²) in [5, 5.41) is 2.64. The standard InChI is InChI=1S/C19H27NO5/c1-13(2)10-16(17(21)24-4)20-18(22)25-19(8-9-19)12-14-6-5-7-15(11-14)23-3/h5-7,11,13,16H,8-10,12H2,1-4H3,(H,20,22). The maximum absolute atomic E-state index is 12.3. The number of hydrogen-bond donors (Lipinski definition) is 1. The quantitative estimate of drug-likeness (QED) is 0.730. The predicted octanol–water partition coefficient (Wildman–Crippen LogP) is 3.08. The third kappa shape index (κ3) is 5.66. The van der Waals surface area contributed by atoms with Crippen LogP contribution in [-0.4, -0.2) is 37.9 Å². The lowest BCUT2D eigenvalue weighted by atomic mass is 10.0. The molecule has 1 aliphatic rings. The van der Waals surface area contributed by atoms with Gasteiger partial charge in [0.1, 0.15) is 17.4 Å². The third-order valence-electron chi connectivity index (χ3n) is 4.26. The lowest BCUT2D eigenvalue weighted by Crippen LogP contribution is -2.44. The second-order valence-electron chi connectivity index (χ2n) is 6.95. The second-order valence-corrected chi connectivity index (χ2v) is 6.95. The summed E-state index contributed by atoms with van der Waals surface area (Å²) >= 11 is 0. The molecule has 1 fully saturated rings. The number of benzene rings is 1. The Bertz CT molecular complexity index is 610. The zero-order valence-electron chi connectivity index (χ0n) is 15.3. The van der Waals surface area contributed by atoms with Crippen LogP contribution in [0.1, 0.15) is 38.7 Å². The number of carbonyl (C=O) groups is 2. The van der Waals surface area contributed by atoms with Crippen LogP contribution in [-0.2, 0) is 20.7 Å². The number of ether oxygens (including phenoxy) is 3. The minimum atomic E-state index is -0.690. The fourth-order valence-corrected chi connectivity index (χ4v) is 2.80. The summed E-state index contributed by atoms with van der Waals surface area (Å²) in [4.78, 5) is 24.1. The first kappa shape index (κ1) is 19.1. The van der Waals surface area contributed by atoms with Crippen LogP contribution >= 0.6 is 0 Å². The van der Waals surface area contributed by atoms with Gasteiger partial charge in [0, 0.05) is 6.42 Å². The van der Waals surface area contributed by atoms with Gasteiger partial charge in [0.05, 0.1) is 14.2 Å². The van der Waals surface area contributed by atoms with Crippen LogP contribution in [0.25, 0.3) is 0 Å². The van der Waals surface area contributed by atoms with Crippen LogP contribution in [0.5, 0.6) is 5.75 Å². The van der Waals surface area contributed by atoms with E-state index in [0.29, 0.717) is 12.8 Å². The van der Waals surface area contributed by atoms with Crippen molar-refractivity contribution < 1.29 is 23.8 Å². The molecule has 6 heteroatoms. The van der Waals surface area contributed by atoms with E-state index in [1.807, 2.05) is 38.1 Å². The number of hydrogen-bond acceptors (Lipinski definition) is 5. The molecule has 1 aromatic rings. The number of amides is 1. The lowest BCUT2D eigenvalue weighted by Gasteiger charge is -2.21. The number of alkyl carbamates (subject to hydrolysis) is 1. The fourth-order valence-electron chi connectivity index (χ4n) is 2.80. The van der Waals surface area contributed by atoms with Crippen molar-refractivity contribution in [3.63, 3.8) is 0 Å². The van der Waals surface area contributed by atoms with Gasteiger partial charge in [-0.15, -0.1) is 0 Å². The van der Waals surface area contributed by atoms with Gasteiger partial charge in [-0.3, -0.25) is 0 Å². The Balaban J connectivity index is 1.95. The van der Waals surface area contributed by atoms with Crippen LogP contribution in [0, 0.1) is 5.92 Å². The first-order valence-electron chi connectivity index (χ1n) is 8.58. The average Bonchev–Trinajstić information content (AvgIpc) is 3.31. The van der Waals surface area contributed by atoms with Crippen molar-refractivity contribution in [2.45, 2.75) is 51.2 Å². The van der Waals surface area contributed by atoms with Crippen LogP contribution in [0.15, 0.2) is 24.3 Å². The lowest BCUT2D eigenvalue weighted by molar-refractivity contribution is -0.143. The number of nitrogens with one attached hydrogen (secondary N) is 1. The van der Waals surface area contributed by atoms with E-state index >= 15 is 0 Å². The highest BCUT2D eigenvalue weighted by atomic mass is 16.6.